The second-order valence-electron chi connectivity index (χ2n) is 3.05. The largest absolute Gasteiger partial charge is 0.366 e. The fourth-order valence-corrected chi connectivity index (χ4v) is 2.17. The van der Waals surface area contributed by atoms with Crippen LogP contribution in [0.2, 0.25) is 0 Å². The lowest BCUT2D eigenvalue weighted by Gasteiger charge is -2.13. The van der Waals surface area contributed by atoms with E-state index in [-0.39, 0.29) is 0 Å². The third-order valence-corrected chi connectivity index (χ3v) is 2.75. The first-order valence-corrected chi connectivity index (χ1v) is 5.90. The summed E-state index contributed by atoms with van der Waals surface area (Å²) < 4.78 is 1.93. The van der Waals surface area contributed by atoms with Crippen LogP contribution in [0.4, 0.5) is 5.82 Å². The van der Waals surface area contributed by atoms with Gasteiger partial charge in [0.15, 0.2) is 0 Å². The lowest BCUT2D eigenvalue weighted by atomic mass is 10.2. The van der Waals surface area contributed by atoms with E-state index in [1.165, 1.54) is 0 Å². The van der Waals surface area contributed by atoms with Gasteiger partial charge in [0.25, 0.3) is 0 Å². The van der Waals surface area contributed by atoms with Crippen molar-refractivity contribution in [3.05, 3.63) is 33.9 Å². The summed E-state index contributed by atoms with van der Waals surface area (Å²) in [4.78, 5) is 4.26. The van der Waals surface area contributed by atoms with Gasteiger partial charge >= 0.3 is 0 Å². The summed E-state index contributed by atoms with van der Waals surface area (Å²) in [5, 5.41) is 3.29. The van der Waals surface area contributed by atoms with E-state index < -0.39 is 0 Å². The van der Waals surface area contributed by atoms with Crippen LogP contribution in [0.15, 0.2) is 33.9 Å². The number of nitrogens with zero attached hydrogens (tertiary/aromatic N) is 1. The van der Waals surface area contributed by atoms with Crippen LogP contribution in [0.1, 0.15) is 13.3 Å². The zero-order valence-corrected chi connectivity index (χ0v) is 11.1. The summed E-state index contributed by atoms with van der Waals surface area (Å²) in [7, 11) is 0. The molecule has 0 fully saturated rings. The van der Waals surface area contributed by atoms with Gasteiger partial charge in [0, 0.05) is 16.7 Å². The first kappa shape index (κ1) is 11.7. The Morgan fingerprint density at radius 3 is 2.93 bits per heavy atom. The number of anilines is 1. The molecule has 0 bridgehead atoms. The highest BCUT2D eigenvalue weighted by Gasteiger charge is 2.04. The average molecular weight is 320 g/mol. The van der Waals surface area contributed by atoms with Crippen molar-refractivity contribution in [1.29, 1.82) is 0 Å². The standard InChI is InChI=1S/C10H12Br2N2/c1-3-4-7(2)14-10-9(12)5-8(11)6-13-10/h3,5-7H,1,4H2,2H3,(H,13,14). The van der Waals surface area contributed by atoms with Crippen LogP contribution >= 0.6 is 31.9 Å². The van der Waals surface area contributed by atoms with Gasteiger partial charge in [0.1, 0.15) is 5.82 Å². The minimum Gasteiger partial charge on any atom is -0.366 e. The summed E-state index contributed by atoms with van der Waals surface area (Å²) in [5.41, 5.74) is 0. The Hall–Kier alpha value is -0.350. The Morgan fingerprint density at radius 1 is 1.64 bits per heavy atom. The fourth-order valence-electron chi connectivity index (χ4n) is 1.06. The molecule has 4 heteroatoms. The molecule has 0 aliphatic carbocycles. The van der Waals surface area contributed by atoms with Gasteiger partial charge in [-0.2, -0.15) is 0 Å². The maximum atomic E-state index is 4.26. The van der Waals surface area contributed by atoms with E-state index in [0.29, 0.717) is 6.04 Å². The molecule has 0 amide bonds. The molecule has 76 valence electrons. The number of rotatable bonds is 4. The molecular weight excluding hydrogens is 308 g/mol. The molecule has 1 aromatic rings. The molecule has 1 N–H and O–H groups in total. The molecule has 0 aliphatic rings. The SMILES string of the molecule is C=CCC(C)Nc1ncc(Br)cc1Br. The monoisotopic (exact) mass is 318 g/mol. The molecular formula is C10H12Br2N2. The highest BCUT2D eigenvalue weighted by atomic mass is 79.9. The molecule has 1 aromatic heterocycles. The molecule has 0 saturated carbocycles. The zero-order valence-electron chi connectivity index (χ0n) is 7.93. The quantitative estimate of drug-likeness (QED) is 0.849. The molecule has 14 heavy (non-hydrogen) atoms. The lowest BCUT2D eigenvalue weighted by Crippen LogP contribution is -2.15. The second kappa shape index (κ2) is 5.51. The van der Waals surface area contributed by atoms with Crippen LogP contribution in [0.3, 0.4) is 0 Å². The van der Waals surface area contributed by atoms with Crippen molar-refractivity contribution < 1.29 is 0 Å². The van der Waals surface area contributed by atoms with Gasteiger partial charge in [-0.05, 0) is 51.3 Å². The maximum absolute atomic E-state index is 4.26. The third-order valence-electron chi connectivity index (χ3n) is 1.71. The number of hydrogen-bond donors (Lipinski definition) is 1. The average Bonchev–Trinajstić information content (AvgIpc) is 2.10. The van der Waals surface area contributed by atoms with Crippen LogP contribution in [0, 0.1) is 0 Å². The number of nitrogens with one attached hydrogen (secondary N) is 1. The summed E-state index contributed by atoms with van der Waals surface area (Å²) in [5.74, 6) is 0.863. The molecule has 1 atom stereocenters. The van der Waals surface area contributed by atoms with Crippen LogP contribution in [-0.4, -0.2) is 11.0 Å². The van der Waals surface area contributed by atoms with E-state index in [2.05, 4.69) is 55.7 Å². The van der Waals surface area contributed by atoms with E-state index in [4.69, 9.17) is 0 Å². The number of hydrogen-bond acceptors (Lipinski definition) is 2. The highest BCUT2D eigenvalue weighted by molar-refractivity contribution is 9.11. The topological polar surface area (TPSA) is 24.9 Å². The maximum Gasteiger partial charge on any atom is 0.140 e. The fraction of sp³-hybridized carbons (Fsp3) is 0.300. The van der Waals surface area contributed by atoms with E-state index in [1.54, 1.807) is 6.20 Å². The minimum atomic E-state index is 0.345. The van der Waals surface area contributed by atoms with Crippen molar-refractivity contribution >= 4 is 37.7 Å². The molecule has 1 unspecified atom stereocenters. The predicted octanol–water partition coefficient (Wildman–Crippen LogP) is 3.98. The summed E-state index contributed by atoms with van der Waals surface area (Å²) in [6, 6.07) is 2.31. The van der Waals surface area contributed by atoms with Crippen LogP contribution in [0.25, 0.3) is 0 Å². The molecule has 0 aliphatic heterocycles. The normalized spacial score (nSPS) is 12.2. The van der Waals surface area contributed by atoms with Gasteiger partial charge in [-0.1, -0.05) is 6.08 Å². The van der Waals surface area contributed by atoms with E-state index in [0.717, 1.165) is 21.2 Å². The van der Waals surface area contributed by atoms with Crippen molar-refractivity contribution in [2.24, 2.45) is 0 Å². The van der Waals surface area contributed by atoms with Gasteiger partial charge in [0.05, 0.1) is 4.47 Å². The van der Waals surface area contributed by atoms with Crippen LogP contribution < -0.4 is 5.32 Å². The van der Waals surface area contributed by atoms with Gasteiger partial charge in [-0.15, -0.1) is 6.58 Å². The molecule has 1 rings (SSSR count). The second-order valence-corrected chi connectivity index (χ2v) is 4.82. The first-order chi connectivity index (χ1) is 6.63. The summed E-state index contributed by atoms with van der Waals surface area (Å²) in [6.07, 6.45) is 4.59. The first-order valence-electron chi connectivity index (χ1n) is 4.32. The summed E-state index contributed by atoms with van der Waals surface area (Å²) in [6.45, 7) is 5.79. The molecule has 0 aromatic carbocycles. The Bertz CT molecular complexity index is 326. The molecule has 0 spiro atoms. The van der Waals surface area contributed by atoms with E-state index >= 15 is 0 Å². The Labute approximate surface area is 101 Å². The lowest BCUT2D eigenvalue weighted by molar-refractivity contribution is 0.806. The van der Waals surface area contributed by atoms with Crippen molar-refractivity contribution in [3.8, 4) is 0 Å². The van der Waals surface area contributed by atoms with E-state index in [1.807, 2.05) is 12.1 Å². The predicted molar refractivity (Wildman–Crippen MR) is 67.5 cm³/mol. The van der Waals surface area contributed by atoms with Gasteiger partial charge < -0.3 is 5.32 Å². The highest BCUT2D eigenvalue weighted by Crippen LogP contribution is 2.24. The van der Waals surface area contributed by atoms with Crippen molar-refractivity contribution in [3.63, 3.8) is 0 Å². The molecule has 0 radical (unpaired) electrons. The van der Waals surface area contributed by atoms with Crippen molar-refractivity contribution in [2.45, 2.75) is 19.4 Å². The number of pyridine rings is 1. The van der Waals surface area contributed by atoms with Gasteiger partial charge in [-0.3, -0.25) is 0 Å². The Kier molecular flexibility index (Phi) is 4.62. The molecule has 0 saturated heterocycles. The molecule has 1 heterocycles. The smallest absolute Gasteiger partial charge is 0.140 e. The van der Waals surface area contributed by atoms with Crippen molar-refractivity contribution in [2.75, 3.05) is 5.32 Å². The third kappa shape index (κ3) is 3.42. The summed E-state index contributed by atoms with van der Waals surface area (Å²) >= 11 is 6.80. The van der Waals surface area contributed by atoms with Crippen LogP contribution in [0.5, 0.6) is 0 Å². The van der Waals surface area contributed by atoms with Crippen LogP contribution in [-0.2, 0) is 0 Å². The van der Waals surface area contributed by atoms with Gasteiger partial charge in [-0.25, -0.2) is 4.98 Å². The van der Waals surface area contributed by atoms with Gasteiger partial charge in [0.2, 0.25) is 0 Å². The number of aromatic nitrogens is 1. The Morgan fingerprint density at radius 2 is 2.36 bits per heavy atom. The minimum absolute atomic E-state index is 0.345. The van der Waals surface area contributed by atoms with Crippen molar-refractivity contribution in [1.82, 2.24) is 4.98 Å². The van der Waals surface area contributed by atoms with E-state index in [9.17, 15) is 0 Å². The zero-order chi connectivity index (χ0) is 10.6. The Balaban J connectivity index is 2.71. The molecule has 2 nitrogen and oxygen atoms in total. The number of halogens is 2.